The second-order valence-electron chi connectivity index (χ2n) is 4.10. The number of carbonyl (C=O) groups excluding carboxylic acids is 1. The lowest BCUT2D eigenvalue weighted by molar-refractivity contribution is 0.104. The number of halogens is 2. The Bertz CT molecular complexity index is 648. The van der Waals surface area contributed by atoms with Crippen LogP contribution in [-0.4, -0.2) is 12.0 Å². The van der Waals surface area contributed by atoms with Crippen LogP contribution in [0.1, 0.15) is 15.9 Å². The number of benzene rings is 2. The summed E-state index contributed by atoms with van der Waals surface area (Å²) in [4.78, 5) is 13.2. The van der Waals surface area contributed by atoms with Gasteiger partial charge in [0, 0.05) is 10.5 Å². The maximum atomic E-state index is 12.0. The van der Waals surface area contributed by atoms with Crippen LogP contribution in [0.15, 0.2) is 53.4 Å². The predicted molar refractivity (Wildman–Crippen MR) is 88.0 cm³/mol. The summed E-state index contributed by atoms with van der Waals surface area (Å²) >= 11 is 13.4. The van der Waals surface area contributed by atoms with Gasteiger partial charge in [0.1, 0.15) is 0 Å². The van der Waals surface area contributed by atoms with Gasteiger partial charge < -0.3 is 0 Å². The molecule has 20 heavy (non-hydrogen) atoms. The molecular formula is C16H12Cl2OS. The summed E-state index contributed by atoms with van der Waals surface area (Å²) < 4.78 is 0. The lowest BCUT2D eigenvalue weighted by atomic mass is 10.1. The molecule has 2 aromatic carbocycles. The SMILES string of the molecule is CSc1ccc(C(=O)C=Cc2ccc(Cl)c(Cl)c2)cc1. The number of hydrogen-bond donors (Lipinski definition) is 0. The summed E-state index contributed by atoms with van der Waals surface area (Å²) in [5.41, 5.74) is 1.51. The summed E-state index contributed by atoms with van der Waals surface area (Å²) in [7, 11) is 0. The summed E-state index contributed by atoms with van der Waals surface area (Å²) in [5, 5.41) is 0.980. The van der Waals surface area contributed by atoms with Crippen molar-refractivity contribution in [1.82, 2.24) is 0 Å². The number of thioether (sulfide) groups is 1. The topological polar surface area (TPSA) is 17.1 Å². The molecule has 0 N–H and O–H groups in total. The number of ketones is 1. The van der Waals surface area contributed by atoms with E-state index < -0.39 is 0 Å². The monoisotopic (exact) mass is 322 g/mol. The van der Waals surface area contributed by atoms with Gasteiger partial charge >= 0.3 is 0 Å². The molecule has 0 bridgehead atoms. The van der Waals surface area contributed by atoms with E-state index in [1.165, 1.54) is 6.08 Å². The van der Waals surface area contributed by atoms with Crippen LogP contribution < -0.4 is 0 Å². The highest BCUT2D eigenvalue weighted by atomic mass is 35.5. The third-order valence-corrected chi connectivity index (χ3v) is 4.23. The van der Waals surface area contributed by atoms with Gasteiger partial charge in [0.05, 0.1) is 10.0 Å². The smallest absolute Gasteiger partial charge is 0.185 e. The molecule has 0 aromatic heterocycles. The van der Waals surface area contributed by atoms with E-state index in [1.54, 1.807) is 30.0 Å². The normalized spacial score (nSPS) is 10.9. The molecule has 0 saturated heterocycles. The van der Waals surface area contributed by atoms with Crippen LogP contribution in [0, 0.1) is 0 Å². The molecule has 0 heterocycles. The van der Waals surface area contributed by atoms with Gasteiger partial charge in [-0.25, -0.2) is 0 Å². The van der Waals surface area contributed by atoms with Crippen molar-refractivity contribution < 1.29 is 4.79 Å². The van der Waals surface area contributed by atoms with Crippen LogP contribution >= 0.6 is 35.0 Å². The van der Waals surface area contributed by atoms with Gasteiger partial charge in [-0.05, 0) is 54.3 Å². The average molecular weight is 323 g/mol. The van der Waals surface area contributed by atoms with E-state index in [4.69, 9.17) is 23.2 Å². The Morgan fingerprint density at radius 3 is 2.35 bits per heavy atom. The van der Waals surface area contributed by atoms with Crippen molar-refractivity contribution in [1.29, 1.82) is 0 Å². The fraction of sp³-hybridized carbons (Fsp3) is 0.0625. The first-order chi connectivity index (χ1) is 9.60. The minimum absolute atomic E-state index is 0.0382. The highest BCUT2D eigenvalue weighted by Gasteiger charge is 2.02. The summed E-state index contributed by atoms with van der Waals surface area (Å²) in [5.74, 6) is -0.0382. The van der Waals surface area contributed by atoms with E-state index >= 15 is 0 Å². The second kappa shape index (κ2) is 6.98. The zero-order valence-electron chi connectivity index (χ0n) is 10.8. The van der Waals surface area contributed by atoms with Gasteiger partial charge in [-0.15, -0.1) is 11.8 Å². The molecule has 2 rings (SSSR count). The molecule has 0 aliphatic heterocycles. The predicted octanol–water partition coefficient (Wildman–Crippen LogP) is 5.61. The number of rotatable bonds is 4. The molecule has 0 atom stereocenters. The zero-order valence-corrected chi connectivity index (χ0v) is 13.1. The van der Waals surface area contributed by atoms with Crippen molar-refractivity contribution >= 4 is 46.8 Å². The van der Waals surface area contributed by atoms with Crippen LogP contribution in [0.4, 0.5) is 0 Å². The van der Waals surface area contributed by atoms with E-state index in [-0.39, 0.29) is 5.78 Å². The Labute approximate surface area is 132 Å². The van der Waals surface area contributed by atoms with Crippen LogP contribution in [0.25, 0.3) is 6.08 Å². The highest BCUT2D eigenvalue weighted by Crippen LogP contribution is 2.23. The van der Waals surface area contributed by atoms with E-state index in [9.17, 15) is 4.79 Å². The fourth-order valence-electron chi connectivity index (χ4n) is 1.64. The van der Waals surface area contributed by atoms with E-state index in [0.29, 0.717) is 15.6 Å². The Morgan fingerprint density at radius 1 is 1.05 bits per heavy atom. The Balaban J connectivity index is 2.13. The van der Waals surface area contributed by atoms with Crippen LogP contribution in [0.2, 0.25) is 10.0 Å². The van der Waals surface area contributed by atoms with Crippen molar-refractivity contribution in [2.45, 2.75) is 4.90 Å². The van der Waals surface area contributed by atoms with Crippen molar-refractivity contribution in [2.24, 2.45) is 0 Å². The highest BCUT2D eigenvalue weighted by molar-refractivity contribution is 7.98. The average Bonchev–Trinajstić information content (AvgIpc) is 2.48. The van der Waals surface area contributed by atoms with Gasteiger partial charge in [-0.2, -0.15) is 0 Å². The van der Waals surface area contributed by atoms with Crippen molar-refractivity contribution in [3.63, 3.8) is 0 Å². The third kappa shape index (κ3) is 3.89. The molecule has 1 nitrogen and oxygen atoms in total. The molecule has 0 spiro atoms. The van der Waals surface area contributed by atoms with E-state index in [0.717, 1.165) is 10.5 Å². The van der Waals surface area contributed by atoms with Crippen LogP contribution in [0.5, 0.6) is 0 Å². The Hall–Kier alpha value is -1.22. The fourth-order valence-corrected chi connectivity index (χ4v) is 2.35. The van der Waals surface area contributed by atoms with Gasteiger partial charge in [0.15, 0.2) is 5.78 Å². The first-order valence-corrected chi connectivity index (χ1v) is 7.90. The third-order valence-electron chi connectivity index (χ3n) is 2.75. The molecule has 0 radical (unpaired) electrons. The number of hydrogen-bond acceptors (Lipinski definition) is 2. The lowest BCUT2D eigenvalue weighted by Gasteiger charge is -1.99. The van der Waals surface area contributed by atoms with Gasteiger partial charge in [0.25, 0.3) is 0 Å². The van der Waals surface area contributed by atoms with Crippen molar-refractivity contribution in [3.8, 4) is 0 Å². The maximum Gasteiger partial charge on any atom is 0.185 e. The molecule has 0 aliphatic rings. The van der Waals surface area contributed by atoms with Gasteiger partial charge in [-0.1, -0.05) is 35.3 Å². The Kier molecular flexibility index (Phi) is 5.30. The van der Waals surface area contributed by atoms with Gasteiger partial charge in [-0.3, -0.25) is 4.79 Å². The number of allylic oxidation sites excluding steroid dienone is 1. The standard InChI is InChI=1S/C16H12Cl2OS/c1-20-13-6-4-12(5-7-13)16(19)9-3-11-2-8-14(17)15(18)10-11/h2-10H,1H3. The first-order valence-electron chi connectivity index (χ1n) is 5.91. The summed E-state index contributed by atoms with van der Waals surface area (Å²) in [6.07, 6.45) is 5.27. The van der Waals surface area contributed by atoms with Crippen molar-refractivity contribution in [3.05, 3.63) is 69.7 Å². The molecule has 4 heteroatoms. The molecule has 0 aliphatic carbocycles. The minimum atomic E-state index is -0.0382. The maximum absolute atomic E-state index is 12.0. The lowest BCUT2D eigenvalue weighted by Crippen LogP contribution is -1.93. The van der Waals surface area contributed by atoms with Crippen LogP contribution in [-0.2, 0) is 0 Å². The van der Waals surface area contributed by atoms with Crippen molar-refractivity contribution in [2.75, 3.05) is 6.26 Å². The molecule has 0 amide bonds. The van der Waals surface area contributed by atoms with Gasteiger partial charge in [0.2, 0.25) is 0 Å². The molecule has 0 fully saturated rings. The minimum Gasteiger partial charge on any atom is -0.289 e. The molecular weight excluding hydrogens is 311 g/mol. The van der Waals surface area contributed by atoms with E-state index in [2.05, 4.69) is 0 Å². The van der Waals surface area contributed by atoms with Crippen LogP contribution in [0.3, 0.4) is 0 Å². The largest absolute Gasteiger partial charge is 0.289 e. The summed E-state index contributed by atoms with van der Waals surface area (Å²) in [6.45, 7) is 0. The zero-order chi connectivity index (χ0) is 14.5. The first kappa shape index (κ1) is 15.2. The Morgan fingerprint density at radius 2 is 1.75 bits per heavy atom. The quantitative estimate of drug-likeness (QED) is 0.413. The number of carbonyl (C=O) groups is 1. The second-order valence-corrected chi connectivity index (χ2v) is 5.79. The molecule has 102 valence electrons. The molecule has 0 saturated carbocycles. The van der Waals surface area contributed by atoms with E-state index in [1.807, 2.05) is 36.6 Å². The molecule has 0 unspecified atom stereocenters. The molecule has 2 aromatic rings. The summed E-state index contributed by atoms with van der Waals surface area (Å²) in [6, 6.07) is 12.8.